The van der Waals surface area contributed by atoms with Gasteiger partial charge in [-0.25, -0.2) is 0 Å². The van der Waals surface area contributed by atoms with Crippen LogP contribution < -0.4 is 5.32 Å². The maximum absolute atomic E-state index is 11.3. The van der Waals surface area contributed by atoms with Crippen LogP contribution in [0, 0.1) is 11.3 Å². The average molecular weight is 218 g/mol. The first kappa shape index (κ1) is 11.7. The molecule has 0 saturated carbocycles. The van der Waals surface area contributed by atoms with Crippen LogP contribution >= 0.6 is 0 Å². The standard InChI is InChI=1S/C11H10N2O3/c12-6-5-10(15)13-11(16)7-8-3-1-2-4-9(8)14/h1-4,14H,5,7H2,(H,13,15,16). The minimum Gasteiger partial charge on any atom is -0.508 e. The Labute approximate surface area is 92.3 Å². The van der Waals surface area contributed by atoms with Crippen LogP contribution in [0.25, 0.3) is 0 Å². The van der Waals surface area contributed by atoms with Crippen LogP contribution in [-0.2, 0) is 16.0 Å². The number of nitrogens with one attached hydrogen (secondary N) is 1. The molecule has 82 valence electrons. The SMILES string of the molecule is N#CCC(=O)NC(=O)Cc1ccccc1O. The molecule has 0 aliphatic carbocycles. The topological polar surface area (TPSA) is 90.2 Å². The number of hydrogen-bond donors (Lipinski definition) is 2. The van der Waals surface area contributed by atoms with Crippen molar-refractivity contribution in [1.29, 1.82) is 5.26 Å². The highest BCUT2D eigenvalue weighted by Gasteiger charge is 2.10. The van der Waals surface area contributed by atoms with Gasteiger partial charge in [-0.1, -0.05) is 18.2 Å². The second-order valence-corrected chi connectivity index (χ2v) is 3.11. The molecule has 1 rings (SSSR count). The van der Waals surface area contributed by atoms with Crippen LogP contribution in [0.4, 0.5) is 0 Å². The zero-order valence-corrected chi connectivity index (χ0v) is 8.43. The fourth-order valence-corrected chi connectivity index (χ4v) is 1.15. The third-order valence-corrected chi connectivity index (χ3v) is 1.86. The van der Waals surface area contributed by atoms with Crippen molar-refractivity contribution in [3.63, 3.8) is 0 Å². The van der Waals surface area contributed by atoms with E-state index in [1.807, 2.05) is 5.32 Å². The molecule has 2 N–H and O–H groups in total. The van der Waals surface area contributed by atoms with Gasteiger partial charge in [0.15, 0.2) is 0 Å². The van der Waals surface area contributed by atoms with Crippen molar-refractivity contribution in [2.24, 2.45) is 0 Å². The van der Waals surface area contributed by atoms with Gasteiger partial charge in [0.2, 0.25) is 11.8 Å². The van der Waals surface area contributed by atoms with Gasteiger partial charge in [-0.2, -0.15) is 5.26 Å². The Bertz CT molecular complexity index is 449. The molecule has 5 heteroatoms. The van der Waals surface area contributed by atoms with Crippen molar-refractivity contribution in [3.8, 4) is 11.8 Å². The molecule has 1 aromatic carbocycles. The summed E-state index contributed by atoms with van der Waals surface area (Å²) in [5.74, 6) is -1.17. The predicted molar refractivity (Wildman–Crippen MR) is 55.2 cm³/mol. The molecule has 1 aromatic rings. The number of phenolic OH excluding ortho intramolecular Hbond substituents is 1. The molecule has 0 bridgehead atoms. The second-order valence-electron chi connectivity index (χ2n) is 3.11. The largest absolute Gasteiger partial charge is 0.508 e. The van der Waals surface area contributed by atoms with E-state index in [1.54, 1.807) is 24.3 Å². The number of aromatic hydroxyl groups is 1. The van der Waals surface area contributed by atoms with Crippen molar-refractivity contribution in [2.45, 2.75) is 12.8 Å². The highest BCUT2D eigenvalue weighted by molar-refractivity contribution is 5.96. The maximum Gasteiger partial charge on any atom is 0.240 e. The first-order valence-electron chi connectivity index (χ1n) is 4.60. The lowest BCUT2D eigenvalue weighted by Gasteiger charge is -2.03. The zero-order valence-electron chi connectivity index (χ0n) is 8.43. The van der Waals surface area contributed by atoms with Gasteiger partial charge in [-0.05, 0) is 6.07 Å². The number of nitrogens with zero attached hydrogens (tertiary/aromatic N) is 1. The molecule has 0 aliphatic rings. The molecule has 16 heavy (non-hydrogen) atoms. The van der Waals surface area contributed by atoms with Gasteiger partial charge in [-0.15, -0.1) is 0 Å². The Morgan fingerprint density at radius 2 is 2.00 bits per heavy atom. The van der Waals surface area contributed by atoms with Gasteiger partial charge in [-0.3, -0.25) is 14.9 Å². The third kappa shape index (κ3) is 3.42. The first-order chi connectivity index (χ1) is 7.63. The van der Waals surface area contributed by atoms with Crippen LogP contribution in [0.5, 0.6) is 5.75 Å². The number of rotatable bonds is 3. The summed E-state index contributed by atoms with van der Waals surface area (Å²) in [5, 5.41) is 19.6. The summed E-state index contributed by atoms with van der Waals surface area (Å²) in [4.78, 5) is 22.2. The lowest BCUT2D eigenvalue weighted by atomic mass is 10.1. The number of nitriles is 1. The van der Waals surface area contributed by atoms with Crippen LogP contribution in [0.2, 0.25) is 0 Å². The third-order valence-electron chi connectivity index (χ3n) is 1.86. The highest BCUT2D eigenvalue weighted by atomic mass is 16.3. The Morgan fingerprint density at radius 3 is 2.62 bits per heavy atom. The van der Waals surface area contributed by atoms with E-state index in [9.17, 15) is 14.7 Å². The van der Waals surface area contributed by atoms with E-state index in [4.69, 9.17) is 5.26 Å². The Morgan fingerprint density at radius 1 is 1.31 bits per heavy atom. The summed E-state index contributed by atoms with van der Waals surface area (Å²) in [6, 6.07) is 8.00. The zero-order chi connectivity index (χ0) is 12.0. The molecule has 0 unspecified atom stereocenters. The fourth-order valence-electron chi connectivity index (χ4n) is 1.15. The normalized spacial score (nSPS) is 9.19. The van der Waals surface area contributed by atoms with E-state index < -0.39 is 11.8 Å². The van der Waals surface area contributed by atoms with Crippen molar-refractivity contribution < 1.29 is 14.7 Å². The minimum absolute atomic E-state index is 0.00498. The monoisotopic (exact) mass is 218 g/mol. The number of para-hydroxylation sites is 1. The molecular formula is C11H10N2O3. The number of hydrogen-bond acceptors (Lipinski definition) is 4. The number of carbonyl (C=O) groups excluding carboxylic acids is 2. The molecule has 5 nitrogen and oxygen atoms in total. The van der Waals surface area contributed by atoms with Crippen molar-refractivity contribution in [1.82, 2.24) is 5.32 Å². The Hall–Kier alpha value is -2.35. The van der Waals surface area contributed by atoms with Gasteiger partial charge in [0, 0.05) is 5.56 Å². The van der Waals surface area contributed by atoms with Gasteiger partial charge in [0.1, 0.15) is 12.2 Å². The van der Waals surface area contributed by atoms with E-state index in [0.717, 1.165) is 0 Å². The summed E-state index contributed by atoms with van der Waals surface area (Å²) in [6.07, 6.45) is -0.448. The van der Waals surface area contributed by atoms with E-state index in [0.29, 0.717) is 5.56 Å². The highest BCUT2D eigenvalue weighted by Crippen LogP contribution is 2.15. The summed E-state index contributed by atoms with van der Waals surface area (Å²) in [6.45, 7) is 0. The molecule has 0 aromatic heterocycles. The quantitative estimate of drug-likeness (QED) is 0.772. The molecule has 0 heterocycles. The van der Waals surface area contributed by atoms with Crippen molar-refractivity contribution >= 4 is 11.8 Å². The molecular weight excluding hydrogens is 208 g/mol. The summed E-state index contributed by atoms with van der Waals surface area (Å²) >= 11 is 0. The van der Waals surface area contributed by atoms with Gasteiger partial charge >= 0.3 is 0 Å². The number of imide groups is 1. The van der Waals surface area contributed by atoms with Crippen molar-refractivity contribution in [2.75, 3.05) is 0 Å². The molecule has 0 fully saturated rings. The maximum atomic E-state index is 11.3. The minimum atomic E-state index is -0.636. The van der Waals surface area contributed by atoms with Crippen molar-refractivity contribution in [3.05, 3.63) is 29.8 Å². The lowest BCUT2D eigenvalue weighted by molar-refractivity contribution is -0.129. The van der Waals surface area contributed by atoms with E-state index in [-0.39, 0.29) is 18.6 Å². The second kappa shape index (κ2) is 5.51. The van der Waals surface area contributed by atoms with Crippen LogP contribution in [-0.4, -0.2) is 16.9 Å². The Kier molecular flexibility index (Phi) is 4.04. The average Bonchev–Trinajstić information content (AvgIpc) is 2.21. The molecule has 0 spiro atoms. The number of benzene rings is 1. The van der Waals surface area contributed by atoms with Crippen LogP contribution in [0.3, 0.4) is 0 Å². The number of phenols is 1. The predicted octanol–water partition coefficient (Wildman–Crippen LogP) is 0.491. The summed E-state index contributed by atoms with van der Waals surface area (Å²) in [7, 11) is 0. The number of carbonyl (C=O) groups is 2. The molecule has 0 radical (unpaired) electrons. The Balaban J connectivity index is 2.56. The van der Waals surface area contributed by atoms with Crippen LogP contribution in [0.15, 0.2) is 24.3 Å². The lowest BCUT2D eigenvalue weighted by Crippen LogP contribution is -2.31. The fraction of sp³-hybridized carbons (Fsp3) is 0.182. The summed E-state index contributed by atoms with van der Waals surface area (Å²) in [5.41, 5.74) is 0.435. The van der Waals surface area contributed by atoms with E-state index in [1.165, 1.54) is 6.07 Å². The van der Waals surface area contributed by atoms with E-state index in [2.05, 4.69) is 0 Å². The molecule has 0 atom stereocenters. The summed E-state index contributed by atoms with van der Waals surface area (Å²) < 4.78 is 0. The van der Waals surface area contributed by atoms with Crippen LogP contribution in [0.1, 0.15) is 12.0 Å². The smallest absolute Gasteiger partial charge is 0.240 e. The van der Waals surface area contributed by atoms with Gasteiger partial charge in [0.05, 0.1) is 12.5 Å². The molecule has 0 aliphatic heterocycles. The van der Waals surface area contributed by atoms with Gasteiger partial charge < -0.3 is 5.11 Å². The molecule has 2 amide bonds. The van der Waals surface area contributed by atoms with E-state index >= 15 is 0 Å². The molecule has 0 saturated heterocycles. The first-order valence-corrected chi connectivity index (χ1v) is 4.60. The number of amides is 2. The van der Waals surface area contributed by atoms with Gasteiger partial charge in [0.25, 0.3) is 0 Å².